The number of hydrogen-bond acceptors (Lipinski definition) is 0. The average molecular weight is 106 g/mol. The van der Waals surface area contributed by atoms with Crippen LogP contribution in [-0.2, 0) is 0 Å². The van der Waals surface area contributed by atoms with E-state index in [1.807, 2.05) is 13.3 Å². The third kappa shape index (κ3) is 4.31. The molecule has 0 aliphatic rings. The maximum absolute atomic E-state index is 3.92. The number of hydrogen-bond donors (Lipinski definition) is 0. The van der Waals surface area contributed by atoms with Crippen molar-refractivity contribution >= 4 is 16.7 Å². The van der Waals surface area contributed by atoms with Gasteiger partial charge in [0.15, 0.2) is 0 Å². The minimum atomic E-state index is 1.14. The first kappa shape index (κ1) is 5.31. The molecule has 0 aliphatic carbocycles. The topological polar surface area (TPSA) is 14.1 Å². The van der Waals surface area contributed by atoms with E-state index in [4.69, 9.17) is 0 Å². The van der Waals surface area contributed by atoms with Gasteiger partial charge in [0.25, 0.3) is 0 Å². The fourth-order valence-corrected chi connectivity index (χ4v) is 0.805. The highest BCUT2D eigenvalue weighted by molar-refractivity contribution is 7.33. The van der Waals surface area contributed by atoms with E-state index in [0.717, 1.165) is 16.7 Å². The molecule has 1 nitrogen and oxygen atoms in total. The standard InChI is InChI=1S/C2H6NP2/c1-4-3-5-2/h1-2H3/q+1. The number of rotatable bonds is 0. The van der Waals surface area contributed by atoms with Crippen LogP contribution in [0.1, 0.15) is 0 Å². The molecule has 0 amide bonds. The van der Waals surface area contributed by atoms with Crippen LogP contribution >= 0.6 is 16.7 Å². The predicted octanol–water partition coefficient (Wildman–Crippen LogP) is 1.57. The van der Waals surface area contributed by atoms with E-state index in [1.165, 1.54) is 0 Å². The molecule has 0 atom stereocenters. The Morgan fingerprint density at radius 3 is 1.60 bits per heavy atom. The predicted molar refractivity (Wildman–Crippen MR) is 27.8 cm³/mol. The highest BCUT2D eigenvalue weighted by atomic mass is 31.1. The molecule has 0 aromatic carbocycles. The molecule has 0 unspecified atom stereocenters. The van der Waals surface area contributed by atoms with Crippen LogP contribution < -0.4 is 4.17 Å². The Balaban J connectivity index is 3.26. The zero-order valence-electron chi connectivity index (χ0n) is 3.34. The van der Waals surface area contributed by atoms with Crippen molar-refractivity contribution in [3.05, 3.63) is 0 Å². The van der Waals surface area contributed by atoms with Crippen molar-refractivity contribution in [1.82, 2.24) is 4.17 Å². The van der Waals surface area contributed by atoms with Gasteiger partial charge in [-0.2, -0.15) is 0 Å². The van der Waals surface area contributed by atoms with Crippen LogP contribution in [0.25, 0.3) is 0 Å². The second-order valence-electron chi connectivity index (χ2n) is 0.489. The van der Waals surface area contributed by atoms with Gasteiger partial charge in [0, 0.05) is 0 Å². The summed E-state index contributed by atoms with van der Waals surface area (Å²) in [5.74, 6) is 0. The van der Waals surface area contributed by atoms with Crippen molar-refractivity contribution in [2.24, 2.45) is 0 Å². The summed E-state index contributed by atoms with van der Waals surface area (Å²) in [7, 11) is 2.28. The van der Waals surface area contributed by atoms with Gasteiger partial charge in [-0.15, -0.1) is 0 Å². The van der Waals surface area contributed by atoms with Gasteiger partial charge >= 0.3 is 16.7 Å². The van der Waals surface area contributed by atoms with Crippen LogP contribution in [-0.4, -0.2) is 13.3 Å². The summed E-state index contributed by atoms with van der Waals surface area (Å²) < 4.78 is 3.92. The largest absolute Gasteiger partial charge is 0.358 e. The van der Waals surface area contributed by atoms with Gasteiger partial charge in [-0.25, -0.2) is 0 Å². The van der Waals surface area contributed by atoms with Gasteiger partial charge in [-0.1, -0.05) is 4.17 Å². The van der Waals surface area contributed by atoms with Crippen LogP contribution in [0.3, 0.4) is 0 Å². The van der Waals surface area contributed by atoms with Gasteiger partial charge < -0.3 is 0 Å². The summed E-state index contributed by atoms with van der Waals surface area (Å²) in [5, 5.41) is 0. The van der Waals surface area contributed by atoms with E-state index in [9.17, 15) is 0 Å². The van der Waals surface area contributed by atoms with Crippen LogP contribution in [0.15, 0.2) is 0 Å². The fourth-order valence-electron chi connectivity index (χ4n) is 0.0894. The molecule has 0 aromatic heterocycles. The Morgan fingerprint density at radius 1 is 1.20 bits per heavy atom. The van der Waals surface area contributed by atoms with Gasteiger partial charge in [0.2, 0.25) is 0 Å². The van der Waals surface area contributed by atoms with Gasteiger partial charge in [0.05, 0.1) is 13.3 Å². The molecule has 0 spiro atoms. The SMILES string of the molecule is CP=[N+]=PC. The molecule has 3 heteroatoms. The van der Waals surface area contributed by atoms with Crippen molar-refractivity contribution in [3.8, 4) is 0 Å². The quantitative estimate of drug-likeness (QED) is 0.328. The molecule has 5 heavy (non-hydrogen) atoms. The third-order valence-corrected chi connectivity index (χ3v) is 1.61. The first-order chi connectivity index (χ1) is 2.41. The molecule has 0 bridgehead atoms. The minimum Gasteiger partial charge on any atom is -0.0695 e. The monoisotopic (exact) mass is 106 g/mol. The van der Waals surface area contributed by atoms with Crippen molar-refractivity contribution in [2.45, 2.75) is 0 Å². The summed E-state index contributed by atoms with van der Waals surface area (Å²) in [6.07, 6.45) is 0. The second-order valence-corrected chi connectivity index (χ2v) is 2.00. The smallest absolute Gasteiger partial charge is 0.0695 e. The minimum absolute atomic E-state index is 1.14. The summed E-state index contributed by atoms with van der Waals surface area (Å²) in [6, 6.07) is 0. The van der Waals surface area contributed by atoms with E-state index in [-0.39, 0.29) is 0 Å². The van der Waals surface area contributed by atoms with E-state index < -0.39 is 0 Å². The lowest BCUT2D eigenvalue weighted by atomic mass is 12.0. The summed E-state index contributed by atoms with van der Waals surface area (Å²) in [6.45, 7) is 4.02. The molecule has 0 rings (SSSR count). The first-order valence-corrected chi connectivity index (χ1v) is 3.88. The highest BCUT2D eigenvalue weighted by Crippen LogP contribution is 1.80. The molecule has 0 heterocycles. The summed E-state index contributed by atoms with van der Waals surface area (Å²) >= 11 is 0. The van der Waals surface area contributed by atoms with Crippen molar-refractivity contribution in [2.75, 3.05) is 13.3 Å². The van der Waals surface area contributed by atoms with E-state index >= 15 is 0 Å². The lowest BCUT2D eigenvalue weighted by Gasteiger charge is -1.25. The zero-order valence-corrected chi connectivity index (χ0v) is 5.13. The Kier molecular flexibility index (Phi) is 4.58. The van der Waals surface area contributed by atoms with Crippen LogP contribution in [0.5, 0.6) is 0 Å². The molecule has 0 radical (unpaired) electrons. The van der Waals surface area contributed by atoms with Crippen molar-refractivity contribution in [3.63, 3.8) is 0 Å². The van der Waals surface area contributed by atoms with Gasteiger partial charge in [-0.3, -0.25) is 0 Å². The maximum Gasteiger partial charge on any atom is 0.358 e. The van der Waals surface area contributed by atoms with E-state index in [1.54, 1.807) is 0 Å². The Morgan fingerprint density at radius 2 is 1.60 bits per heavy atom. The van der Waals surface area contributed by atoms with Gasteiger partial charge in [0.1, 0.15) is 0 Å². The Hall–Kier alpha value is 0.310. The van der Waals surface area contributed by atoms with E-state index in [0.29, 0.717) is 0 Å². The first-order valence-electron chi connectivity index (χ1n) is 1.29. The highest BCUT2D eigenvalue weighted by Gasteiger charge is 1.61. The number of nitrogens with zero attached hydrogens (tertiary/aromatic N) is 1. The average Bonchev–Trinajstić information content (AvgIpc) is 1.41. The second kappa shape index (κ2) is 4.31. The molecule has 28 valence electrons. The summed E-state index contributed by atoms with van der Waals surface area (Å²) in [4.78, 5) is 0. The van der Waals surface area contributed by atoms with E-state index in [2.05, 4.69) is 4.17 Å². The van der Waals surface area contributed by atoms with Crippen molar-refractivity contribution in [1.29, 1.82) is 0 Å². The molecule has 0 N–H and O–H groups in total. The Labute approximate surface area is 35.2 Å². The molecular formula is C2H6NP2+. The zero-order chi connectivity index (χ0) is 4.12. The van der Waals surface area contributed by atoms with Crippen LogP contribution in [0.2, 0.25) is 0 Å². The normalized spacial score (nSPS) is 8.40. The molecule has 0 saturated carbocycles. The molecular weight excluding hydrogens is 100.0 g/mol. The maximum atomic E-state index is 3.92. The fraction of sp³-hybridized carbons (Fsp3) is 1.00. The van der Waals surface area contributed by atoms with Gasteiger partial charge in [-0.05, 0) is 0 Å². The third-order valence-electron chi connectivity index (χ3n) is 0.179. The lowest BCUT2D eigenvalue weighted by Crippen LogP contribution is -1.29. The van der Waals surface area contributed by atoms with Crippen LogP contribution in [0.4, 0.5) is 0 Å². The van der Waals surface area contributed by atoms with Crippen LogP contribution in [0, 0.1) is 0 Å². The van der Waals surface area contributed by atoms with Crippen molar-refractivity contribution < 1.29 is 0 Å². The molecule has 0 aromatic rings. The molecule has 0 aliphatic heterocycles. The molecule has 0 saturated heterocycles. The Bertz CT molecular complexity index is 56.0. The summed E-state index contributed by atoms with van der Waals surface area (Å²) in [5.41, 5.74) is 0. The lowest BCUT2D eigenvalue weighted by molar-refractivity contribution is 1.88. The molecule has 0 fully saturated rings.